The van der Waals surface area contributed by atoms with Gasteiger partial charge in [0.1, 0.15) is 0 Å². The first-order valence-corrected chi connectivity index (χ1v) is 7.74. The predicted molar refractivity (Wildman–Crippen MR) is 82.9 cm³/mol. The van der Waals surface area contributed by atoms with Crippen molar-refractivity contribution < 1.29 is 0 Å². The number of nitrogens with zero attached hydrogens (tertiary/aromatic N) is 3. The quantitative estimate of drug-likeness (QED) is 0.813. The molecule has 2 aromatic heterocycles. The topological polar surface area (TPSA) is 72.7 Å². The Labute approximate surface area is 129 Å². The fourth-order valence-corrected chi connectivity index (χ4v) is 3.08. The molecule has 0 amide bonds. The Bertz CT molecular complexity index is 724. The zero-order valence-electron chi connectivity index (χ0n) is 10.9. The molecule has 2 aromatic rings. The van der Waals surface area contributed by atoms with E-state index in [1.807, 2.05) is 39.5 Å². The largest absolute Gasteiger partial charge is 0.328 e. The monoisotopic (exact) mass is 386 g/mol. The van der Waals surface area contributed by atoms with Crippen molar-refractivity contribution in [3.63, 3.8) is 0 Å². The van der Waals surface area contributed by atoms with Crippen LogP contribution in [0.3, 0.4) is 0 Å². The highest BCUT2D eigenvalue weighted by Crippen LogP contribution is 2.28. The molecule has 1 aliphatic rings. The van der Waals surface area contributed by atoms with E-state index in [9.17, 15) is 9.59 Å². The number of hydrogen-bond donors (Lipinski definition) is 1. The first kappa shape index (κ1) is 13.6. The van der Waals surface area contributed by atoms with Crippen LogP contribution >= 0.6 is 22.6 Å². The number of aromatic amines is 1. The summed E-state index contributed by atoms with van der Waals surface area (Å²) >= 11 is 1.92. The summed E-state index contributed by atoms with van der Waals surface area (Å²) < 4.78 is 3.98. The fourth-order valence-electron chi connectivity index (χ4n) is 2.61. The van der Waals surface area contributed by atoms with Crippen molar-refractivity contribution >= 4 is 22.6 Å². The highest BCUT2D eigenvalue weighted by Gasteiger charge is 2.17. The maximum Gasteiger partial charge on any atom is 0.328 e. The smallest absolute Gasteiger partial charge is 0.293 e. The van der Waals surface area contributed by atoms with Crippen LogP contribution in [0, 0.1) is 3.57 Å². The van der Waals surface area contributed by atoms with Crippen molar-refractivity contribution in [2.45, 2.75) is 38.3 Å². The molecule has 1 saturated carbocycles. The van der Waals surface area contributed by atoms with Gasteiger partial charge in [-0.05, 0) is 41.5 Å². The molecule has 0 radical (unpaired) electrons. The van der Waals surface area contributed by atoms with Gasteiger partial charge in [-0.25, -0.2) is 4.79 Å². The molecule has 2 heterocycles. The second-order valence-electron chi connectivity index (χ2n) is 5.09. The molecule has 0 unspecified atom stereocenters. The van der Waals surface area contributed by atoms with E-state index in [2.05, 4.69) is 10.1 Å². The van der Waals surface area contributed by atoms with Crippen LogP contribution in [0.1, 0.15) is 37.4 Å². The molecular weight excluding hydrogens is 371 g/mol. The Hall–Kier alpha value is -1.38. The minimum Gasteiger partial charge on any atom is -0.293 e. The molecular formula is C13H15IN4O2. The molecule has 0 aromatic carbocycles. The molecule has 0 aliphatic heterocycles. The van der Waals surface area contributed by atoms with Crippen LogP contribution in [0.4, 0.5) is 0 Å². The van der Waals surface area contributed by atoms with Gasteiger partial charge in [0.25, 0.3) is 5.56 Å². The van der Waals surface area contributed by atoms with E-state index in [1.54, 1.807) is 6.20 Å². The summed E-state index contributed by atoms with van der Waals surface area (Å²) in [5, 5.41) is 4.54. The standard InChI is InChI=1S/C13H15IN4O2/c14-11-8-17(13(20)15-12(11)19)7-9-5-6-18(16-9)10-3-1-2-4-10/h5-6,8,10H,1-4,7H2,(H,15,19,20). The van der Waals surface area contributed by atoms with Gasteiger partial charge in [-0.1, -0.05) is 12.8 Å². The van der Waals surface area contributed by atoms with Crippen LogP contribution in [0.5, 0.6) is 0 Å². The number of hydrogen-bond acceptors (Lipinski definition) is 3. The van der Waals surface area contributed by atoms with E-state index in [1.165, 1.54) is 30.3 Å². The fraction of sp³-hybridized carbons (Fsp3) is 0.462. The lowest BCUT2D eigenvalue weighted by Gasteiger charge is -2.09. The molecule has 1 aliphatic carbocycles. The van der Waals surface area contributed by atoms with Gasteiger partial charge in [0.05, 0.1) is 21.9 Å². The minimum absolute atomic E-state index is 0.344. The van der Waals surface area contributed by atoms with Crippen LogP contribution in [0.2, 0.25) is 0 Å². The average molecular weight is 386 g/mol. The Morgan fingerprint density at radius 3 is 2.85 bits per heavy atom. The van der Waals surface area contributed by atoms with Crippen molar-refractivity contribution in [2.75, 3.05) is 0 Å². The number of rotatable bonds is 3. The molecule has 0 saturated heterocycles. The molecule has 0 bridgehead atoms. The zero-order valence-corrected chi connectivity index (χ0v) is 13.0. The maximum absolute atomic E-state index is 11.7. The zero-order chi connectivity index (χ0) is 14.1. The lowest BCUT2D eigenvalue weighted by molar-refractivity contribution is 0.461. The van der Waals surface area contributed by atoms with Crippen molar-refractivity contribution in [3.8, 4) is 0 Å². The molecule has 0 spiro atoms. The highest BCUT2D eigenvalue weighted by molar-refractivity contribution is 14.1. The van der Waals surface area contributed by atoms with E-state index in [0.717, 1.165) is 5.69 Å². The normalized spacial score (nSPS) is 15.8. The van der Waals surface area contributed by atoms with Crippen LogP contribution in [0.15, 0.2) is 28.0 Å². The Morgan fingerprint density at radius 1 is 1.35 bits per heavy atom. The van der Waals surface area contributed by atoms with Crippen LogP contribution < -0.4 is 11.2 Å². The Balaban J connectivity index is 1.83. The molecule has 3 rings (SSSR count). The second kappa shape index (κ2) is 5.55. The third-order valence-corrected chi connectivity index (χ3v) is 4.43. The van der Waals surface area contributed by atoms with E-state index < -0.39 is 5.69 Å². The maximum atomic E-state index is 11.7. The van der Waals surface area contributed by atoms with Gasteiger partial charge in [0.15, 0.2) is 0 Å². The third kappa shape index (κ3) is 2.72. The number of H-pyrrole nitrogens is 1. The minimum atomic E-state index is -0.397. The summed E-state index contributed by atoms with van der Waals surface area (Å²) in [7, 11) is 0. The lowest BCUT2D eigenvalue weighted by Crippen LogP contribution is -2.31. The summed E-state index contributed by atoms with van der Waals surface area (Å²) in [6.07, 6.45) is 8.42. The van der Waals surface area contributed by atoms with Crippen molar-refractivity contribution in [2.24, 2.45) is 0 Å². The van der Waals surface area contributed by atoms with Gasteiger partial charge in [-0.2, -0.15) is 5.10 Å². The molecule has 0 atom stereocenters. The van der Waals surface area contributed by atoms with E-state index in [0.29, 0.717) is 16.2 Å². The van der Waals surface area contributed by atoms with Crippen LogP contribution in [-0.4, -0.2) is 19.3 Å². The third-order valence-electron chi connectivity index (χ3n) is 3.66. The second-order valence-corrected chi connectivity index (χ2v) is 6.25. The van der Waals surface area contributed by atoms with E-state index in [-0.39, 0.29) is 5.56 Å². The van der Waals surface area contributed by atoms with E-state index >= 15 is 0 Å². The molecule has 106 valence electrons. The molecule has 1 fully saturated rings. The predicted octanol–water partition coefficient (Wildman–Crippen LogP) is 1.50. The number of aromatic nitrogens is 4. The van der Waals surface area contributed by atoms with Crippen molar-refractivity contribution in [1.82, 2.24) is 19.3 Å². The van der Waals surface area contributed by atoms with Crippen molar-refractivity contribution in [3.05, 3.63) is 48.6 Å². The highest BCUT2D eigenvalue weighted by atomic mass is 127. The first-order chi connectivity index (χ1) is 9.63. The van der Waals surface area contributed by atoms with Gasteiger partial charge in [-0.15, -0.1) is 0 Å². The summed E-state index contributed by atoms with van der Waals surface area (Å²) in [5.41, 5.74) is 0.0935. The van der Waals surface area contributed by atoms with Gasteiger partial charge in [-0.3, -0.25) is 19.0 Å². The SMILES string of the molecule is O=c1[nH]c(=O)n(Cc2ccn(C3CCCC3)n2)cc1I. The first-order valence-electron chi connectivity index (χ1n) is 6.67. The van der Waals surface area contributed by atoms with Crippen molar-refractivity contribution in [1.29, 1.82) is 0 Å². The van der Waals surface area contributed by atoms with Crippen LogP contribution in [-0.2, 0) is 6.54 Å². The summed E-state index contributed by atoms with van der Waals surface area (Å²) in [5.74, 6) is 0. The Morgan fingerprint density at radius 2 is 2.10 bits per heavy atom. The summed E-state index contributed by atoms with van der Waals surface area (Å²) in [4.78, 5) is 25.4. The average Bonchev–Trinajstić information content (AvgIpc) is 3.06. The van der Waals surface area contributed by atoms with Gasteiger partial charge in [0, 0.05) is 12.4 Å². The lowest BCUT2D eigenvalue weighted by atomic mass is 10.3. The van der Waals surface area contributed by atoms with Gasteiger partial charge < -0.3 is 0 Å². The molecule has 1 N–H and O–H groups in total. The van der Waals surface area contributed by atoms with Gasteiger partial charge >= 0.3 is 5.69 Å². The number of halogens is 1. The van der Waals surface area contributed by atoms with Gasteiger partial charge in [0.2, 0.25) is 0 Å². The van der Waals surface area contributed by atoms with Crippen LogP contribution in [0.25, 0.3) is 0 Å². The summed E-state index contributed by atoms with van der Waals surface area (Å²) in [6.45, 7) is 0.380. The molecule has 6 nitrogen and oxygen atoms in total. The number of nitrogens with one attached hydrogen (secondary N) is 1. The molecule has 7 heteroatoms. The van der Waals surface area contributed by atoms with E-state index in [4.69, 9.17) is 0 Å². The Kier molecular flexibility index (Phi) is 3.77. The molecule has 20 heavy (non-hydrogen) atoms. The summed E-state index contributed by atoms with van der Waals surface area (Å²) in [6, 6.07) is 2.43.